The van der Waals surface area contributed by atoms with Crippen molar-refractivity contribution in [3.63, 3.8) is 0 Å². The smallest absolute Gasteiger partial charge is 0.0410 e. The summed E-state index contributed by atoms with van der Waals surface area (Å²) in [5, 5.41) is 3.38. The van der Waals surface area contributed by atoms with E-state index in [0.29, 0.717) is 6.04 Å². The lowest BCUT2D eigenvalue weighted by Gasteiger charge is -2.23. The van der Waals surface area contributed by atoms with Gasteiger partial charge in [0.25, 0.3) is 0 Å². The second kappa shape index (κ2) is 6.55. The van der Waals surface area contributed by atoms with Gasteiger partial charge >= 0.3 is 0 Å². The second-order valence-corrected chi connectivity index (χ2v) is 4.99. The van der Waals surface area contributed by atoms with E-state index in [9.17, 15) is 0 Å². The predicted molar refractivity (Wildman–Crippen MR) is 71.9 cm³/mol. The van der Waals surface area contributed by atoms with Crippen molar-refractivity contribution in [2.45, 2.75) is 19.0 Å². The predicted octanol–water partition coefficient (Wildman–Crippen LogP) is 2.06. The van der Waals surface area contributed by atoms with Gasteiger partial charge in [-0.2, -0.15) is 0 Å². The Labute approximate surface area is 111 Å². The van der Waals surface area contributed by atoms with Gasteiger partial charge < -0.3 is 5.32 Å². The quantitative estimate of drug-likeness (QED) is 0.926. The monoisotopic (exact) mass is 305 g/mol. The van der Waals surface area contributed by atoms with Crippen molar-refractivity contribution in [3.05, 3.63) is 28.5 Å². The van der Waals surface area contributed by atoms with Crippen LogP contribution in [0.15, 0.2) is 22.9 Å². The van der Waals surface area contributed by atoms with Crippen molar-refractivity contribution in [1.82, 2.24) is 15.2 Å². The lowest BCUT2D eigenvalue weighted by atomic mass is 10.2. The standard InChI is InChI=1S/C11H16BrN3.ClH/c1-15(11-2-3-13-7-11)8-9-4-10(12)6-14-5-9;/h4-6,11,13H,2-3,7-8H2,1H3;1H. The molecule has 1 N–H and O–H groups in total. The minimum absolute atomic E-state index is 0. The summed E-state index contributed by atoms with van der Waals surface area (Å²) in [7, 11) is 2.18. The highest BCUT2D eigenvalue weighted by molar-refractivity contribution is 9.10. The lowest BCUT2D eigenvalue weighted by Crippen LogP contribution is -2.32. The third-order valence-electron chi connectivity index (χ3n) is 2.85. The molecule has 0 bridgehead atoms. The van der Waals surface area contributed by atoms with Gasteiger partial charge in [0.05, 0.1) is 0 Å². The number of halogens is 2. The Hall–Kier alpha value is -0.160. The van der Waals surface area contributed by atoms with E-state index in [4.69, 9.17) is 0 Å². The van der Waals surface area contributed by atoms with Crippen LogP contribution in [-0.4, -0.2) is 36.1 Å². The summed E-state index contributed by atoms with van der Waals surface area (Å²) in [6.07, 6.45) is 5.00. The Kier molecular flexibility index (Phi) is 5.69. The van der Waals surface area contributed by atoms with Gasteiger partial charge in [0, 0.05) is 36.0 Å². The van der Waals surface area contributed by atoms with Crippen molar-refractivity contribution in [2.24, 2.45) is 0 Å². The average Bonchev–Trinajstić information content (AvgIpc) is 2.70. The molecule has 0 spiro atoms. The molecule has 2 rings (SSSR count). The first kappa shape index (κ1) is 13.9. The molecule has 1 unspecified atom stereocenters. The number of rotatable bonds is 3. The van der Waals surface area contributed by atoms with Crippen LogP contribution in [0.4, 0.5) is 0 Å². The molecule has 16 heavy (non-hydrogen) atoms. The Bertz CT molecular complexity index is 329. The minimum Gasteiger partial charge on any atom is -0.315 e. The normalized spacial score (nSPS) is 19.8. The number of nitrogens with zero attached hydrogens (tertiary/aromatic N) is 2. The van der Waals surface area contributed by atoms with Crippen LogP contribution in [0.1, 0.15) is 12.0 Å². The highest BCUT2D eigenvalue weighted by Gasteiger charge is 2.18. The summed E-state index contributed by atoms with van der Waals surface area (Å²) in [4.78, 5) is 6.57. The average molecular weight is 307 g/mol. The molecule has 90 valence electrons. The Balaban J connectivity index is 0.00000128. The molecule has 5 heteroatoms. The molecule has 1 aromatic heterocycles. The van der Waals surface area contributed by atoms with Gasteiger partial charge in [-0.05, 0) is 47.6 Å². The molecule has 2 heterocycles. The molecule has 1 saturated heterocycles. The Morgan fingerprint density at radius 2 is 2.38 bits per heavy atom. The van der Waals surface area contributed by atoms with Crippen molar-refractivity contribution < 1.29 is 0 Å². The third kappa shape index (κ3) is 3.70. The van der Waals surface area contributed by atoms with Gasteiger partial charge in [-0.15, -0.1) is 12.4 Å². The largest absolute Gasteiger partial charge is 0.315 e. The van der Waals surface area contributed by atoms with Crippen molar-refractivity contribution >= 4 is 28.3 Å². The van der Waals surface area contributed by atoms with Gasteiger partial charge in [-0.3, -0.25) is 9.88 Å². The van der Waals surface area contributed by atoms with Crippen LogP contribution in [-0.2, 0) is 6.54 Å². The van der Waals surface area contributed by atoms with Crippen molar-refractivity contribution in [1.29, 1.82) is 0 Å². The molecule has 0 saturated carbocycles. The highest BCUT2D eigenvalue weighted by Crippen LogP contribution is 2.14. The van der Waals surface area contributed by atoms with Crippen molar-refractivity contribution in [3.8, 4) is 0 Å². The molecule has 1 aromatic rings. The molecule has 3 nitrogen and oxygen atoms in total. The number of pyridine rings is 1. The van der Waals surface area contributed by atoms with Gasteiger partial charge in [0.2, 0.25) is 0 Å². The molecule has 0 amide bonds. The van der Waals surface area contributed by atoms with Gasteiger partial charge in [-0.1, -0.05) is 0 Å². The van der Waals surface area contributed by atoms with Crippen LogP contribution in [0.3, 0.4) is 0 Å². The molecular weight excluding hydrogens is 289 g/mol. The summed E-state index contributed by atoms with van der Waals surface area (Å²) in [5.41, 5.74) is 1.26. The first-order chi connectivity index (χ1) is 7.25. The molecular formula is C11H17BrClN3. The fraction of sp³-hybridized carbons (Fsp3) is 0.545. The number of likely N-dealkylation sites (N-methyl/N-ethyl adjacent to an activating group) is 1. The second-order valence-electron chi connectivity index (χ2n) is 4.07. The van der Waals surface area contributed by atoms with E-state index in [1.807, 2.05) is 12.4 Å². The third-order valence-corrected chi connectivity index (χ3v) is 3.28. The maximum absolute atomic E-state index is 4.17. The van der Waals surface area contributed by atoms with E-state index in [0.717, 1.165) is 24.1 Å². The minimum atomic E-state index is 0. The van der Waals surface area contributed by atoms with Gasteiger partial charge in [0.15, 0.2) is 0 Å². The highest BCUT2D eigenvalue weighted by atomic mass is 79.9. The van der Waals surface area contributed by atoms with Crippen LogP contribution in [0.2, 0.25) is 0 Å². The van der Waals surface area contributed by atoms with Crippen LogP contribution in [0.5, 0.6) is 0 Å². The van der Waals surface area contributed by atoms with Gasteiger partial charge in [0.1, 0.15) is 0 Å². The first-order valence-corrected chi connectivity index (χ1v) is 6.05. The lowest BCUT2D eigenvalue weighted by molar-refractivity contribution is 0.248. The molecule has 0 aliphatic carbocycles. The fourth-order valence-corrected chi connectivity index (χ4v) is 2.39. The van der Waals surface area contributed by atoms with Crippen LogP contribution in [0, 0.1) is 0 Å². The number of aromatic nitrogens is 1. The first-order valence-electron chi connectivity index (χ1n) is 5.26. The summed E-state index contributed by atoms with van der Waals surface area (Å²) >= 11 is 3.44. The van der Waals surface area contributed by atoms with E-state index >= 15 is 0 Å². The van der Waals surface area contributed by atoms with Crippen LogP contribution < -0.4 is 5.32 Å². The topological polar surface area (TPSA) is 28.2 Å². The van der Waals surface area contributed by atoms with Crippen LogP contribution >= 0.6 is 28.3 Å². The van der Waals surface area contributed by atoms with E-state index in [2.05, 4.69) is 44.2 Å². The molecule has 0 radical (unpaired) electrons. The Morgan fingerprint density at radius 3 is 3.00 bits per heavy atom. The van der Waals surface area contributed by atoms with E-state index < -0.39 is 0 Å². The molecule has 1 fully saturated rings. The summed E-state index contributed by atoms with van der Waals surface area (Å²) < 4.78 is 1.05. The zero-order valence-electron chi connectivity index (χ0n) is 9.32. The molecule has 0 aromatic carbocycles. The van der Waals surface area contributed by atoms with Crippen LogP contribution in [0.25, 0.3) is 0 Å². The molecule has 1 atom stereocenters. The summed E-state index contributed by atoms with van der Waals surface area (Å²) in [5.74, 6) is 0. The van der Waals surface area contributed by atoms with E-state index in [1.165, 1.54) is 12.0 Å². The number of hydrogen-bond acceptors (Lipinski definition) is 3. The maximum Gasteiger partial charge on any atom is 0.0410 e. The fourth-order valence-electron chi connectivity index (χ4n) is 1.98. The number of nitrogens with one attached hydrogen (secondary N) is 1. The molecule has 1 aliphatic rings. The summed E-state index contributed by atoms with van der Waals surface area (Å²) in [6, 6.07) is 2.80. The van der Waals surface area contributed by atoms with Crippen molar-refractivity contribution in [2.75, 3.05) is 20.1 Å². The van der Waals surface area contributed by atoms with E-state index in [-0.39, 0.29) is 12.4 Å². The SMILES string of the molecule is CN(Cc1cncc(Br)c1)C1CCNC1.Cl. The van der Waals surface area contributed by atoms with E-state index in [1.54, 1.807) is 0 Å². The van der Waals surface area contributed by atoms with Gasteiger partial charge in [-0.25, -0.2) is 0 Å². The number of hydrogen-bond donors (Lipinski definition) is 1. The summed E-state index contributed by atoms with van der Waals surface area (Å²) in [6.45, 7) is 3.22. The zero-order chi connectivity index (χ0) is 10.7. The zero-order valence-corrected chi connectivity index (χ0v) is 11.7. The maximum atomic E-state index is 4.17. The molecule has 1 aliphatic heterocycles. The Morgan fingerprint density at radius 1 is 1.56 bits per heavy atom.